The molecule has 3 aromatic rings. The molecular weight excluding hydrogens is 238 g/mol. The van der Waals surface area contributed by atoms with E-state index in [0.29, 0.717) is 13.1 Å². The van der Waals surface area contributed by atoms with E-state index in [0.717, 1.165) is 22.7 Å². The molecule has 0 saturated heterocycles. The number of para-hydroxylation sites is 1. The molecule has 3 rings (SSSR count). The van der Waals surface area contributed by atoms with E-state index in [9.17, 15) is 0 Å². The molecule has 19 heavy (non-hydrogen) atoms. The number of nitrogens with zero attached hydrogens (tertiary/aromatic N) is 3. The molecule has 0 amide bonds. The van der Waals surface area contributed by atoms with Crippen LogP contribution >= 0.6 is 0 Å². The highest BCUT2D eigenvalue weighted by Gasteiger charge is 2.04. The van der Waals surface area contributed by atoms with Gasteiger partial charge in [-0.25, -0.2) is 0 Å². The molecule has 2 aromatic heterocycles. The van der Waals surface area contributed by atoms with Crippen LogP contribution in [0.1, 0.15) is 11.4 Å². The summed E-state index contributed by atoms with van der Waals surface area (Å²) in [5, 5.41) is 11.6. The average Bonchev–Trinajstić information content (AvgIpc) is 2.85. The van der Waals surface area contributed by atoms with Crippen LogP contribution in [0, 0.1) is 0 Å². The Kier molecular flexibility index (Phi) is 3.12. The van der Waals surface area contributed by atoms with E-state index in [1.807, 2.05) is 53.1 Å². The average molecular weight is 253 g/mol. The summed E-state index contributed by atoms with van der Waals surface area (Å²) in [6.07, 6.45) is 1.96. The molecule has 5 heteroatoms. The van der Waals surface area contributed by atoms with Gasteiger partial charge in [-0.2, -0.15) is 0 Å². The topological polar surface area (TPSA) is 68.2 Å². The molecule has 2 heterocycles. The summed E-state index contributed by atoms with van der Waals surface area (Å²) in [6, 6.07) is 13.7. The second kappa shape index (κ2) is 5.07. The van der Waals surface area contributed by atoms with Crippen LogP contribution in [0.4, 0.5) is 5.69 Å². The predicted molar refractivity (Wildman–Crippen MR) is 74.4 cm³/mol. The van der Waals surface area contributed by atoms with E-state index in [4.69, 9.17) is 5.73 Å². The number of nitrogens with two attached hydrogens (primary N) is 1. The lowest BCUT2D eigenvalue weighted by Crippen LogP contribution is -2.15. The van der Waals surface area contributed by atoms with Gasteiger partial charge in [0.05, 0.1) is 6.54 Å². The van der Waals surface area contributed by atoms with Gasteiger partial charge in [-0.3, -0.25) is 4.40 Å². The second-order valence-corrected chi connectivity index (χ2v) is 4.35. The Morgan fingerprint density at radius 1 is 1.00 bits per heavy atom. The Labute approximate surface area is 111 Å². The van der Waals surface area contributed by atoms with Crippen molar-refractivity contribution in [1.82, 2.24) is 19.9 Å². The quantitative estimate of drug-likeness (QED) is 0.693. The highest BCUT2D eigenvalue weighted by Crippen LogP contribution is 2.10. The third-order valence-electron chi connectivity index (χ3n) is 3.04. The molecule has 96 valence electrons. The molecule has 0 aliphatic rings. The summed E-state index contributed by atoms with van der Waals surface area (Å²) in [5.74, 6) is 0.894. The van der Waals surface area contributed by atoms with Crippen molar-refractivity contribution >= 4 is 11.3 Å². The van der Waals surface area contributed by atoms with Crippen molar-refractivity contribution in [1.29, 1.82) is 0 Å². The number of fused-ring (bicyclic) bond motifs is 1. The third-order valence-corrected chi connectivity index (χ3v) is 3.04. The molecule has 0 fully saturated rings. The highest BCUT2D eigenvalue weighted by molar-refractivity contribution is 5.46. The van der Waals surface area contributed by atoms with Crippen molar-refractivity contribution in [2.45, 2.75) is 13.1 Å². The molecule has 3 N–H and O–H groups in total. The Balaban J connectivity index is 1.68. The van der Waals surface area contributed by atoms with Crippen LogP contribution in [0.5, 0.6) is 0 Å². The summed E-state index contributed by atoms with van der Waals surface area (Å²) >= 11 is 0. The van der Waals surface area contributed by atoms with Crippen molar-refractivity contribution in [2.75, 3.05) is 5.73 Å². The fraction of sp³-hybridized carbons (Fsp3) is 0.143. The van der Waals surface area contributed by atoms with Gasteiger partial charge in [0.2, 0.25) is 0 Å². The Morgan fingerprint density at radius 3 is 2.74 bits per heavy atom. The lowest BCUT2D eigenvalue weighted by atomic mass is 10.2. The van der Waals surface area contributed by atoms with Gasteiger partial charge in [0.1, 0.15) is 0 Å². The molecule has 0 aliphatic carbocycles. The van der Waals surface area contributed by atoms with E-state index in [2.05, 4.69) is 15.5 Å². The fourth-order valence-corrected chi connectivity index (χ4v) is 2.02. The van der Waals surface area contributed by atoms with E-state index >= 15 is 0 Å². The van der Waals surface area contributed by atoms with E-state index in [1.165, 1.54) is 0 Å². The van der Waals surface area contributed by atoms with Crippen LogP contribution in [0.3, 0.4) is 0 Å². The minimum absolute atomic E-state index is 0.652. The van der Waals surface area contributed by atoms with Gasteiger partial charge in [0, 0.05) is 18.4 Å². The zero-order valence-corrected chi connectivity index (χ0v) is 10.5. The molecule has 0 radical (unpaired) electrons. The molecule has 0 atom stereocenters. The number of hydrogen-bond donors (Lipinski definition) is 2. The molecule has 0 unspecified atom stereocenters. The molecule has 5 nitrogen and oxygen atoms in total. The first kappa shape index (κ1) is 11.7. The largest absolute Gasteiger partial charge is 0.398 e. The Hall–Kier alpha value is -2.40. The van der Waals surface area contributed by atoms with Gasteiger partial charge in [-0.1, -0.05) is 24.3 Å². The first-order valence-corrected chi connectivity index (χ1v) is 6.17. The number of anilines is 1. The van der Waals surface area contributed by atoms with Crippen molar-refractivity contribution < 1.29 is 0 Å². The predicted octanol–water partition coefficient (Wildman–Crippen LogP) is 1.60. The zero-order chi connectivity index (χ0) is 13.1. The molecular formula is C14H15N5. The first-order valence-electron chi connectivity index (χ1n) is 6.17. The molecule has 1 aromatic carbocycles. The van der Waals surface area contributed by atoms with Crippen LogP contribution in [0.15, 0.2) is 48.7 Å². The van der Waals surface area contributed by atoms with Crippen molar-refractivity contribution in [3.8, 4) is 0 Å². The number of hydrogen-bond acceptors (Lipinski definition) is 4. The van der Waals surface area contributed by atoms with Crippen LogP contribution in [-0.2, 0) is 13.1 Å². The van der Waals surface area contributed by atoms with Crippen LogP contribution in [0.25, 0.3) is 5.65 Å². The van der Waals surface area contributed by atoms with Crippen LogP contribution < -0.4 is 11.1 Å². The summed E-state index contributed by atoms with van der Waals surface area (Å²) in [5.41, 5.74) is 8.66. The third kappa shape index (κ3) is 2.41. The summed E-state index contributed by atoms with van der Waals surface area (Å²) in [6.45, 7) is 1.37. The maximum atomic E-state index is 5.90. The second-order valence-electron chi connectivity index (χ2n) is 4.35. The monoisotopic (exact) mass is 253 g/mol. The fourth-order valence-electron chi connectivity index (χ4n) is 2.02. The smallest absolute Gasteiger partial charge is 0.160 e. The Bertz CT molecular complexity index is 689. The van der Waals surface area contributed by atoms with E-state index in [1.54, 1.807) is 0 Å². The normalized spacial score (nSPS) is 10.9. The van der Waals surface area contributed by atoms with E-state index in [-0.39, 0.29) is 0 Å². The summed E-state index contributed by atoms with van der Waals surface area (Å²) < 4.78 is 1.97. The van der Waals surface area contributed by atoms with Crippen LogP contribution in [-0.4, -0.2) is 14.6 Å². The SMILES string of the molecule is Nc1ccccc1CNCc1nnc2ccccn12. The number of benzene rings is 1. The zero-order valence-electron chi connectivity index (χ0n) is 10.5. The Morgan fingerprint density at radius 2 is 1.84 bits per heavy atom. The molecule has 0 aliphatic heterocycles. The molecule has 0 saturated carbocycles. The minimum atomic E-state index is 0.652. The van der Waals surface area contributed by atoms with Crippen LogP contribution in [0.2, 0.25) is 0 Å². The maximum absolute atomic E-state index is 5.90. The van der Waals surface area contributed by atoms with Gasteiger partial charge in [-0.15, -0.1) is 10.2 Å². The first-order chi connectivity index (χ1) is 9.34. The van der Waals surface area contributed by atoms with E-state index < -0.39 is 0 Å². The number of nitrogen functional groups attached to an aromatic ring is 1. The minimum Gasteiger partial charge on any atom is -0.398 e. The van der Waals surface area contributed by atoms with Gasteiger partial charge in [-0.05, 0) is 23.8 Å². The maximum Gasteiger partial charge on any atom is 0.160 e. The molecule has 0 bridgehead atoms. The number of aromatic nitrogens is 3. The van der Waals surface area contributed by atoms with Gasteiger partial charge < -0.3 is 11.1 Å². The summed E-state index contributed by atoms with van der Waals surface area (Å²) in [4.78, 5) is 0. The highest BCUT2D eigenvalue weighted by atomic mass is 15.3. The number of nitrogens with one attached hydrogen (secondary N) is 1. The van der Waals surface area contributed by atoms with Gasteiger partial charge in [0.15, 0.2) is 11.5 Å². The summed E-state index contributed by atoms with van der Waals surface area (Å²) in [7, 11) is 0. The van der Waals surface area contributed by atoms with Gasteiger partial charge >= 0.3 is 0 Å². The van der Waals surface area contributed by atoms with Gasteiger partial charge in [0.25, 0.3) is 0 Å². The molecule has 0 spiro atoms. The van der Waals surface area contributed by atoms with Crippen molar-refractivity contribution in [3.05, 3.63) is 60.0 Å². The van der Waals surface area contributed by atoms with Crippen molar-refractivity contribution in [2.24, 2.45) is 0 Å². The number of rotatable bonds is 4. The standard InChI is InChI=1S/C14H15N5/c15-12-6-2-1-5-11(12)9-16-10-14-18-17-13-7-3-4-8-19(13)14/h1-8,16H,9-10,15H2. The number of pyridine rings is 1. The van der Waals surface area contributed by atoms with Crippen molar-refractivity contribution in [3.63, 3.8) is 0 Å². The lowest BCUT2D eigenvalue weighted by Gasteiger charge is -2.06. The lowest BCUT2D eigenvalue weighted by molar-refractivity contribution is 0.657.